The van der Waals surface area contributed by atoms with Gasteiger partial charge in [-0.25, -0.2) is 4.79 Å². The van der Waals surface area contributed by atoms with Crippen LogP contribution in [0, 0.1) is 6.92 Å². The van der Waals surface area contributed by atoms with Crippen molar-refractivity contribution in [2.75, 3.05) is 0 Å². The lowest BCUT2D eigenvalue weighted by Crippen LogP contribution is -2.16. The number of carbonyl (C=O) groups excluding carboxylic acids is 1. The molecule has 4 rings (SSSR count). The third-order valence-electron chi connectivity index (χ3n) is 4.47. The molecule has 0 spiro atoms. The van der Waals surface area contributed by atoms with Crippen LogP contribution in [0.3, 0.4) is 0 Å². The van der Waals surface area contributed by atoms with Crippen molar-refractivity contribution in [1.82, 2.24) is 0 Å². The predicted octanol–water partition coefficient (Wildman–Crippen LogP) is 6.95. The number of aryl methyl sites for hydroxylation is 1. The van der Waals surface area contributed by atoms with E-state index in [1.165, 1.54) is 24.3 Å². The summed E-state index contributed by atoms with van der Waals surface area (Å²) in [5.74, 6) is -0.920. The second-order valence-electron chi connectivity index (χ2n) is 6.61. The van der Waals surface area contributed by atoms with Crippen molar-refractivity contribution in [2.45, 2.75) is 6.92 Å². The first kappa shape index (κ1) is 20.5. The summed E-state index contributed by atoms with van der Waals surface area (Å²) in [6, 6.07) is 16.3. The molecule has 0 aliphatic heterocycles. The van der Waals surface area contributed by atoms with Gasteiger partial charge in [0, 0.05) is 15.6 Å². The average molecular weight is 460 g/mol. The molecule has 0 aliphatic carbocycles. The Kier molecular flexibility index (Phi) is 5.56. The number of carbonyl (C=O) groups is 1. The summed E-state index contributed by atoms with van der Waals surface area (Å²) in [7, 11) is 0. The largest absolute Gasteiger partial charge is 0.452 e. The first-order valence-electron chi connectivity index (χ1n) is 8.84. The van der Waals surface area contributed by atoms with Crippen LogP contribution in [0.15, 0.2) is 69.9 Å². The Labute approximate surface area is 186 Å². The summed E-state index contributed by atoms with van der Waals surface area (Å²) < 4.78 is 11.5. The Morgan fingerprint density at radius 2 is 1.57 bits per heavy atom. The van der Waals surface area contributed by atoms with E-state index in [1.807, 2.05) is 19.1 Å². The fourth-order valence-corrected chi connectivity index (χ4v) is 3.60. The molecule has 0 atom stereocenters. The van der Waals surface area contributed by atoms with Crippen LogP contribution in [0.25, 0.3) is 22.3 Å². The number of esters is 1. The summed E-state index contributed by atoms with van der Waals surface area (Å²) in [6.07, 6.45) is 0. The minimum absolute atomic E-state index is 0.0708. The Bertz CT molecular complexity index is 1340. The molecule has 30 heavy (non-hydrogen) atoms. The third-order valence-corrected chi connectivity index (χ3v) is 5.25. The SMILES string of the molecule is Cc1ccc(-c2oc3ccc(Cl)cc3c(=O)c2OC(=O)c2ccc(Cl)cc2Cl)cc1. The topological polar surface area (TPSA) is 56.5 Å². The molecule has 4 aromatic rings. The number of ether oxygens (including phenoxy) is 1. The van der Waals surface area contributed by atoms with Gasteiger partial charge in [-0.15, -0.1) is 0 Å². The van der Waals surface area contributed by atoms with E-state index in [0.29, 0.717) is 21.2 Å². The van der Waals surface area contributed by atoms with E-state index in [2.05, 4.69) is 0 Å². The Morgan fingerprint density at radius 1 is 0.900 bits per heavy atom. The maximum atomic E-state index is 13.2. The molecule has 0 unspecified atom stereocenters. The summed E-state index contributed by atoms with van der Waals surface area (Å²) in [6.45, 7) is 1.94. The lowest BCUT2D eigenvalue weighted by Gasteiger charge is -2.11. The number of benzene rings is 3. The molecule has 0 N–H and O–H groups in total. The smallest absolute Gasteiger partial charge is 0.345 e. The molecule has 4 nitrogen and oxygen atoms in total. The molecule has 7 heteroatoms. The van der Waals surface area contributed by atoms with Crippen LogP contribution in [-0.4, -0.2) is 5.97 Å². The lowest BCUT2D eigenvalue weighted by atomic mass is 10.1. The number of rotatable bonds is 3. The highest BCUT2D eigenvalue weighted by Crippen LogP contribution is 2.33. The van der Waals surface area contributed by atoms with Crippen molar-refractivity contribution in [3.8, 4) is 17.1 Å². The van der Waals surface area contributed by atoms with Crippen LogP contribution in [0.5, 0.6) is 5.75 Å². The van der Waals surface area contributed by atoms with Gasteiger partial charge in [0.1, 0.15) is 5.58 Å². The fraction of sp³-hybridized carbons (Fsp3) is 0.0435. The summed E-state index contributed by atoms with van der Waals surface area (Å²) in [5.41, 5.74) is 1.48. The Balaban J connectivity index is 1.90. The van der Waals surface area contributed by atoms with Gasteiger partial charge in [0.05, 0.1) is 16.0 Å². The minimum atomic E-state index is -0.807. The second-order valence-corrected chi connectivity index (χ2v) is 7.89. The second kappa shape index (κ2) is 8.15. The molecule has 3 aromatic carbocycles. The van der Waals surface area contributed by atoms with Gasteiger partial charge >= 0.3 is 5.97 Å². The molecule has 0 radical (unpaired) electrons. The van der Waals surface area contributed by atoms with Crippen molar-refractivity contribution >= 4 is 51.7 Å². The zero-order chi connectivity index (χ0) is 21.4. The fourth-order valence-electron chi connectivity index (χ4n) is 2.94. The number of halogens is 3. The van der Waals surface area contributed by atoms with Crippen LogP contribution in [0.2, 0.25) is 15.1 Å². The average Bonchev–Trinajstić information content (AvgIpc) is 2.71. The van der Waals surface area contributed by atoms with E-state index in [0.717, 1.165) is 5.56 Å². The van der Waals surface area contributed by atoms with E-state index < -0.39 is 11.4 Å². The highest BCUT2D eigenvalue weighted by atomic mass is 35.5. The third kappa shape index (κ3) is 3.94. The summed E-state index contributed by atoms with van der Waals surface area (Å²) >= 11 is 18.0. The molecule has 0 saturated carbocycles. The van der Waals surface area contributed by atoms with Crippen molar-refractivity contribution in [3.05, 3.63) is 97.1 Å². The highest BCUT2D eigenvalue weighted by Gasteiger charge is 2.22. The zero-order valence-electron chi connectivity index (χ0n) is 15.5. The predicted molar refractivity (Wildman–Crippen MR) is 119 cm³/mol. The molecule has 0 aliphatic rings. The van der Waals surface area contributed by atoms with Crippen molar-refractivity contribution in [1.29, 1.82) is 0 Å². The molecule has 0 fully saturated rings. The molecule has 1 heterocycles. The monoisotopic (exact) mass is 458 g/mol. The summed E-state index contributed by atoms with van der Waals surface area (Å²) in [4.78, 5) is 26.0. The first-order chi connectivity index (χ1) is 14.3. The minimum Gasteiger partial charge on any atom is -0.452 e. The normalized spacial score (nSPS) is 10.9. The van der Waals surface area contributed by atoms with Crippen molar-refractivity contribution in [2.24, 2.45) is 0 Å². The Hall–Kier alpha value is -2.79. The van der Waals surface area contributed by atoms with Gasteiger partial charge in [-0.1, -0.05) is 64.6 Å². The van der Waals surface area contributed by atoms with Crippen LogP contribution in [0.4, 0.5) is 0 Å². The van der Waals surface area contributed by atoms with E-state index in [4.69, 9.17) is 44.0 Å². The van der Waals surface area contributed by atoms with Crippen molar-refractivity contribution in [3.63, 3.8) is 0 Å². The molecule has 0 saturated heterocycles. The maximum absolute atomic E-state index is 13.2. The zero-order valence-corrected chi connectivity index (χ0v) is 17.8. The molecule has 0 amide bonds. The first-order valence-corrected chi connectivity index (χ1v) is 9.97. The van der Waals surface area contributed by atoms with Gasteiger partial charge in [0.25, 0.3) is 0 Å². The highest BCUT2D eigenvalue weighted by molar-refractivity contribution is 6.36. The Morgan fingerprint density at radius 3 is 2.27 bits per heavy atom. The molecule has 1 aromatic heterocycles. The summed E-state index contributed by atoms with van der Waals surface area (Å²) in [5, 5.41) is 1.04. The van der Waals surface area contributed by atoms with Crippen LogP contribution in [-0.2, 0) is 0 Å². The van der Waals surface area contributed by atoms with Gasteiger partial charge in [0.15, 0.2) is 5.76 Å². The molecule has 150 valence electrons. The van der Waals surface area contributed by atoms with Gasteiger partial charge < -0.3 is 9.15 Å². The van der Waals surface area contributed by atoms with Crippen molar-refractivity contribution < 1.29 is 13.9 Å². The maximum Gasteiger partial charge on any atom is 0.345 e. The van der Waals surface area contributed by atoms with Gasteiger partial charge in [-0.05, 0) is 43.3 Å². The van der Waals surface area contributed by atoms with Crippen LogP contribution >= 0.6 is 34.8 Å². The standard InChI is InChI=1S/C23H13Cl3O4/c1-12-2-4-13(5-3-12)21-22(20(27)17-10-14(24)7-9-19(17)29-21)30-23(28)16-8-6-15(25)11-18(16)26/h2-11H,1H3. The van der Waals surface area contributed by atoms with E-state index >= 15 is 0 Å². The van der Waals surface area contributed by atoms with Gasteiger partial charge in [-0.3, -0.25) is 4.79 Å². The molecular formula is C23H13Cl3O4. The number of hydrogen-bond donors (Lipinski definition) is 0. The van der Waals surface area contributed by atoms with E-state index in [1.54, 1.807) is 24.3 Å². The lowest BCUT2D eigenvalue weighted by molar-refractivity contribution is 0.0731. The van der Waals surface area contributed by atoms with E-state index in [9.17, 15) is 9.59 Å². The van der Waals surface area contributed by atoms with E-state index in [-0.39, 0.29) is 27.5 Å². The molecular weight excluding hydrogens is 447 g/mol. The van der Waals surface area contributed by atoms with Gasteiger partial charge in [0.2, 0.25) is 11.2 Å². The quantitative estimate of drug-likeness (QED) is 0.311. The number of fused-ring (bicyclic) bond motifs is 1. The van der Waals surface area contributed by atoms with Crippen LogP contribution in [0.1, 0.15) is 15.9 Å². The number of hydrogen-bond acceptors (Lipinski definition) is 4. The molecule has 0 bridgehead atoms. The van der Waals surface area contributed by atoms with Crippen LogP contribution < -0.4 is 10.2 Å². The van der Waals surface area contributed by atoms with Gasteiger partial charge in [-0.2, -0.15) is 0 Å².